The molecule has 0 bridgehead atoms. The van der Waals surface area contributed by atoms with E-state index in [9.17, 15) is 0 Å². The second-order valence-electron chi connectivity index (χ2n) is 9.04. The zero-order valence-electron chi connectivity index (χ0n) is 17.9. The van der Waals surface area contributed by atoms with E-state index in [1.807, 2.05) is 0 Å². The molecule has 0 N–H and O–H groups in total. The van der Waals surface area contributed by atoms with Crippen molar-refractivity contribution in [3.63, 3.8) is 0 Å². The summed E-state index contributed by atoms with van der Waals surface area (Å²) in [7, 11) is 2.14. The third-order valence-corrected chi connectivity index (χ3v) is 7.39. The van der Waals surface area contributed by atoms with Crippen molar-refractivity contribution >= 4 is 65.4 Å². The van der Waals surface area contributed by atoms with Crippen molar-refractivity contribution in [1.29, 1.82) is 0 Å². The quantitative estimate of drug-likeness (QED) is 0.199. The number of hydrogen-bond acceptors (Lipinski definition) is 0. The van der Waals surface area contributed by atoms with Gasteiger partial charge in [0.2, 0.25) is 0 Å². The van der Waals surface area contributed by atoms with Crippen LogP contribution in [0, 0.1) is 6.92 Å². The molecular formula is C29H20N3+. The molecule has 0 aliphatic heterocycles. The Kier molecular flexibility index (Phi) is 2.78. The molecule has 0 aliphatic rings. The van der Waals surface area contributed by atoms with E-state index in [1.54, 1.807) is 0 Å². The molecule has 32 heavy (non-hydrogen) atoms. The number of hydrogen-bond donors (Lipinski definition) is 0. The minimum atomic E-state index is 1.24. The van der Waals surface area contributed by atoms with Gasteiger partial charge in [0.05, 0.1) is 29.0 Å². The molecule has 8 aromatic rings. The Labute approximate surface area is 183 Å². The second-order valence-corrected chi connectivity index (χ2v) is 9.04. The molecule has 0 amide bonds. The maximum absolute atomic E-state index is 2.46. The summed E-state index contributed by atoms with van der Waals surface area (Å²) in [5, 5.41) is 9.25. The number of rotatable bonds is 0. The highest BCUT2D eigenvalue weighted by Gasteiger charge is 2.22. The van der Waals surface area contributed by atoms with Gasteiger partial charge in [0.25, 0.3) is 5.65 Å². The fourth-order valence-corrected chi connectivity index (χ4v) is 6.04. The van der Waals surface area contributed by atoms with Crippen LogP contribution in [0.3, 0.4) is 0 Å². The minimum Gasteiger partial charge on any atom is -0.308 e. The lowest BCUT2D eigenvalue weighted by atomic mass is 10.00. The van der Waals surface area contributed by atoms with Gasteiger partial charge in [0.1, 0.15) is 17.9 Å². The van der Waals surface area contributed by atoms with Gasteiger partial charge in [0.15, 0.2) is 0 Å². The molecule has 0 spiro atoms. The molecule has 0 saturated heterocycles. The van der Waals surface area contributed by atoms with Crippen molar-refractivity contribution in [1.82, 2.24) is 8.80 Å². The molecule has 3 heteroatoms. The van der Waals surface area contributed by atoms with Crippen molar-refractivity contribution in [2.75, 3.05) is 0 Å². The zero-order valence-corrected chi connectivity index (χ0v) is 17.9. The number of aromatic nitrogens is 3. The van der Waals surface area contributed by atoms with Crippen LogP contribution in [0.15, 0.2) is 85.2 Å². The lowest BCUT2D eigenvalue weighted by molar-refractivity contribution is -0.643. The van der Waals surface area contributed by atoms with Crippen LogP contribution in [0.1, 0.15) is 5.56 Å². The number of pyridine rings is 1. The first-order chi connectivity index (χ1) is 15.7. The number of fused-ring (bicyclic) bond motifs is 12. The first-order valence-electron chi connectivity index (χ1n) is 11.1. The van der Waals surface area contributed by atoms with Crippen LogP contribution in [0.25, 0.3) is 65.4 Å². The molecule has 0 saturated carbocycles. The Morgan fingerprint density at radius 3 is 2.28 bits per heavy atom. The molecule has 4 heterocycles. The van der Waals surface area contributed by atoms with Crippen molar-refractivity contribution in [2.24, 2.45) is 7.05 Å². The normalized spacial score (nSPS) is 12.7. The minimum absolute atomic E-state index is 1.24. The summed E-state index contributed by atoms with van der Waals surface area (Å²) in [6, 6.07) is 27.0. The highest BCUT2D eigenvalue weighted by Crippen LogP contribution is 2.41. The van der Waals surface area contributed by atoms with Gasteiger partial charge >= 0.3 is 0 Å². The van der Waals surface area contributed by atoms with Gasteiger partial charge in [-0.25, -0.2) is 4.57 Å². The number of benzene rings is 4. The third-order valence-electron chi connectivity index (χ3n) is 7.39. The van der Waals surface area contributed by atoms with Crippen LogP contribution in [-0.2, 0) is 7.05 Å². The van der Waals surface area contributed by atoms with Crippen molar-refractivity contribution < 1.29 is 4.57 Å². The van der Waals surface area contributed by atoms with Crippen LogP contribution in [0.4, 0.5) is 0 Å². The number of aryl methyl sites for hydroxylation is 2. The van der Waals surface area contributed by atoms with Crippen molar-refractivity contribution in [2.45, 2.75) is 6.92 Å². The topological polar surface area (TPSA) is 12.7 Å². The van der Waals surface area contributed by atoms with Crippen molar-refractivity contribution in [3.05, 3.63) is 90.8 Å². The lowest BCUT2D eigenvalue weighted by Crippen LogP contribution is -2.26. The largest absolute Gasteiger partial charge is 0.308 e. The molecule has 0 unspecified atom stereocenters. The van der Waals surface area contributed by atoms with Gasteiger partial charge in [-0.3, -0.25) is 0 Å². The monoisotopic (exact) mass is 410 g/mol. The van der Waals surface area contributed by atoms with E-state index >= 15 is 0 Å². The maximum atomic E-state index is 2.46. The fourth-order valence-electron chi connectivity index (χ4n) is 6.04. The summed E-state index contributed by atoms with van der Waals surface area (Å²) in [5.41, 5.74) is 7.67. The lowest BCUT2D eigenvalue weighted by Gasteiger charge is -2.08. The molecule has 4 aromatic heterocycles. The van der Waals surface area contributed by atoms with E-state index in [2.05, 4.69) is 113 Å². The van der Waals surface area contributed by atoms with E-state index in [0.717, 1.165) is 0 Å². The molecule has 8 rings (SSSR count). The van der Waals surface area contributed by atoms with Gasteiger partial charge in [-0.2, -0.15) is 4.40 Å². The third kappa shape index (κ3) is 1.74. The maximum Gasteiger partial charge on any atom is 0.294 e. The van der Waals surface area contributed by atoms with Gasteiger partial charge in [0, 0.05) is 38.4 Å². The summed E-state index contributed by atoms with van der Waals surface area (Å²) in [6.45, 7) is 2.22. The van der Waals surface area contributed by atoms with E-state index in [-0.39, 0.29) is 0 Å². The zero-order chi connectivity index (χ0) is 21.1. The standard InChI is InChI=1S/C29H20N3/c1-17-7-5-9-19-22-15-23-21-11-6-10-20-18-8-3-4-12-24(18)32(28(20)21)26(23)16-25(22)31-14-13-30(2)29(31)27(17)19/h3-16H,1-2H3/q+1. The van der Waals surface area contributed by atoms with Gasteiger partial charge < -0.3 is 4.40 Å². The van der Waals surface area contributed by atoms with E-state index in [4.69, 9.17) is 0 Å². The molecule has 0 aliphatic carbocycles. The van der Waals surface area contributed by atoms with Crippen LogP contribution >= 0.6 is 0 Å². The molecule has 3 nitrogen and oxygen atoms in total. The molecular weight excluding hydrogens is 390 g/mol. The summed E-state index contributed by atoms with van der Waals surface area (Å²) < 4.78 is 7.06. The molecule has 4 aromatic carbocycles. The molecule has 0 fully saturated rings. The van der Waals surface area contributed by atoms with Crippen LogP contribution in [0.5, 0.6) is 0 Å². The van der Waals surface area contributed by atoms with E-state index in [1.165, 1.54) is 71.0 Å². The van der Waals surface area contributed by atoms with Gasteiger partial charge in [-0.15, -0.1) is 0 Å². The smallest absolute Gasteiger partial charge is 0.294 e. The van der Waals surface area contributed by atoms with Crippen LogP contribution in [-0.4, -0.2) is 8.80 Å². The van der Waals surface area contributed by atoms with Gasteiger partial charge in [-0.05, 0) is 24.6 Å². The highest BCUT2D eigenvalue weighted by atomic mass is 15.1. The van der Waals surface area contributed by atoms with Crippen molar-refractivity contribution in [3.8, 4) is 0 Å². The Balaban J connectivity index is 1.74. The van der Waals surface area contributed by atoms with E-state index in [0.29, 0.717) is 0 Å². The van der Waals surface area contributed by atoms with Crippen LogP contribution < -0.4 is 4.57 Å². The predicted molar refractivity (Wildman–Crippen MR) is 133 cm³/mol. The summed E-state index contributed by atoms with van der Waals surface area (Å²) in [5.74, 6) is 0. The average Bonchev–Trinajstić information content (AvgIpc) is 3.47. The SMILES string of the molecule is Cc1cccc2c3cc4c5cccc6c7ccccc7n(c4cc3n3cc[n+](C)c3c12)c65. The summed E-state index contributed by atoms with van der Waals surface area (Å²) in [4.78, 5) is 0. The number of nitrogens with zero attached hydrogens (tertiary/aromatic N) is 3. The van der Waals surface area contributed by atoms with Crippen LogP contribution in [0.2, 0.25) is 0 Å². The first kappa shape index (κ1) is 16.6. The Bertz CT molecular complexity index is 2050. The molecule has 150 valence electrons. The predicted octanol–water partition coefficient (Wildman–Crippen LogP) is 6.53. The fraction of sp³-hybridized carbons (Fsp3) is 0.0690. The van der Waals surface area contributed by atoms with Gasteiger partial charge in [-0.1, -0.05) is 54.6 Å². The Morgan fingerprint density at radius 2 is 1.38 bits per heavy atom. The molecule has 0 atom stereocenters. The molecule has 0 radical (unpaired) electrons. The van der Waals surface area contributed by atoms with E-state index < -0.39 is 0 Å². The number of para-hydroxylation sites is 2. The number of imidazole rings is 1. The first-order valence-corrected chi connectivity index (χ1v) is 11.1. The summed E-state index contributed by atoms with van der Waals surface area (Å²) >= 11 is 0. The average molecular weight is 411 g/mol. The second kappa shape index (κ2) is 5.38. The highest BCUT2D eigenvalue weighted by molar-refractivity contribution is 6.26. The Morgan fingerprint density at radius 1 is 0.656 bits per heavy atom. The summed E-state index contributed by atoms with van der Waals surface area (Å²) in [6.07, 6.45) is 4.35. The Hall–Kier alpha value is -4.11.